The number of likely N-dealkylation sites (tertiary alicyclic amines) is 1. The van der Waals surface area contributed by atoms with E-state index >= 15 is 0 Å². The number of hydrogen-bond acceptors (Lipinski definition) is 3. The van der Waals surface area contributed by atoms with Crippen LogP contribution in [0, 0.1) is 5.82 Å². The molecule has 1 aliphatic heterocycles. The quantitative estimate of drug-likeness (QED) is 0.779. The highest BCUT2D eigenvalue weighted by molar-refractivity contribution is 6.30. The van der Waals surface area contributed by atoms with E-state index in [0.717, 1.165) is 5.56 Å². The molecule has 5 nitrogen and oxygen atoms in total. The number of halogens is 2. The summed E-state index contributed by atoms with van der Waals surface area (Å²) >= 11 is 5.86. The second-order valence-corrected chi connectivity index (χ2v) is 7.62. The zero-order chi connectivity index (χ0) is 20.8. The van der Waals surface area contributed by atoms with Crippen molar-refractivity contribution in [2.45, 2.75) is 38.3 Å². The number of ether oxygens (including phenoxy) is 1. The molecule has 2 amide bonds. The van der Waals surface area contributed by atoms with Crippen molar-refractivity contribution in [2.75, 3.05) is 13.1 Å². The van der Waals surface area contributed by atoms with Crippen LogP contribution < -0.4 is 10.1 Å². The maximum atomic E-state index is 12.9. The fourth-order valence-electron chi connectivity index (χ4n) is 3.34. The Morgan fingerprint density at radius 1 is 1.14 bits per heavy atom. The SMILES string of the molecule is CC(Oc1ccc(Cl)cc1)C(=O)N1CCC(NC(=O)Cc2ccc(F)cc2)CC1. The smallest absolute Gasteiger partial charge is 0.263 e. The van der Waals surface area contributed by atoms with E-state index in [0.29, 0.717) is 36.7 Å². The number of carbonyl (C=O) groups excluding carboxylic acids is 2. The summed E-state index contributed by atoms with van der Waals surface area (Å²) < 4.78 is 18.7. The minimum Gasteiger partial charge on any atom is -0.481 e. The molecule has 154 valence electrons. The molecular formula is C22H24ClFN2O3. The maximum absolute atomic E-state index is 12.9. The maximum Gasteiger partial charge on any atom is 0.263 e. The van der Waals surface area contributed by atoms with Gasteiger partial charge in [-0.05, 0) is 61.7 Å². The van der Waals surface area contributed by atoms with Crippen molar-refractivity contribution in [1.29, 1.82) is 0 Å². The molecule has 1 atom stereocenters. The lowest BCUT2D eigenvalue weighted by atomic mass is 10.0. The predicted octanol–water partition coefficient (Wildman–Crippen LogP) is 3.60. The molecule has 2 aromatic rings. The number of rotatable bonds is 6. The molecule has 0 aromatic heterocycles. The third kappa shape index (κ3) is 6.19. The zero-order valence-electron chi connectivity index (χ0n) is 16.2. The van der Waals surface area contributed by atoms with E-state index in [1.807, 2.05) is 0 Å². The standard InChI is InChI=1S/C22H24ClFN2O3/c1-15(29-20-8-4-17(23)5-9-20)22(28)26-12-10-19(11-13-26)25-21(27)14-16-2-6-18(24)7-3-16/h2-9,15,19H,10-14H2,1H3,(H,25,27). The van der Waals surface area contributed by atoms with Crippen LogP contribution in [0.2, 0.25) is 5.02 Å². The Morgan fingerprint density at radius 2 is 1.76 bits per heavy atom. The summed E-state index contributed by atoms with van der Waals surface area (Å²) in [4.78, 5) is 26.6. The molecular weight excluding hydrogens is 395 g/mol. The Balaban J connectivity index is 1.43. The lowest BCUT2D eigenvalue weighted by Gasteiger charge is -2.33. The van der Waals surface area contributed by atoms with Crippen molar-refractivity contribution >= 4 is 23.4 Å². The number of nitrogens with zero attached hydrogens (tertiary/aromatic N) is 1. The van der Waals surface area contributed by atoms with Gasteiger partial charge in [0.2, 0.25) is 5.91 Å². The van der Waals surface area contributed by atoms with Gasteiger partial charge >= 0.3 is 0 Å². The molecule has 1 aliphatic rings. The minimum atomic E-state index is -0.596. The molecule has 2 aromatic carbocycles. The zero-order valence-corrected chi connectivity index (χ0v) is 17.0. The second kappa shape index (κ2) is 9.74. The third-order valence-electron chi connectivity index (χ3n) is 4.92. The molecule has 29 heavy (non-hydrogen) atoms. The molecule has 0 aliphatic carbocycles. The van der Waals surface area contributed by atoms with Gasteiger partial charge in [-0.2, -0.15) is 0 Å². The van der Waals surface area contributed by atoms with Gasteiger partial charge in [-0.15, -0.1) is 0 Å². The summed E-state index contributed by atoms with van der Waals surface area (Å²) in [5.74, 6) is 0.107. The molecule has 1 heterocycles. The van der Waals surface area contributed by atoms with Gasteiger partial charge in [0.1, 0.15) is 11.6 Å². The Kier molecular flexibility index (Phi) is 7.09. The molecule has 0 saturated carbocycles. The predicted molar refractivity (Wildman–Crippen MR) is 109 cm³/mol. The first kappa shape index (κ1) is 21.1. The monoisotopic (exact) mass is 418 g/mol. The van der Waals surface area contributed by atoms with E-state index < -0.39 is 6.10 Å². The second-order valence-electron chi connectivity index (χ2n) is 7.18. The van der Waals surface area contributed by atoms with Gasteiger partial charge in [0.15, 0.2) is 6.10 Å². The lowest BCUT2D eigenvalue weighted by Crippen LogP contribution is -2.49. The van der Waals surface area contributed by atoms with Crippen LogP contribution in [0.3, 0.4) is 0 Å². The lowest BCUT2D eigenvalue weighted by molar-refractivity contribution is -0.139. The number of piperidine rings is 1. The van der Waals surface area contributed by atoms with Crippen molar-refractivity contribution in [2.24, 2.45) is 0 Å². The summed E-state index contributed by atoms with van der Waals surface area (Å²) in [7, 11) is 0. The van der Waals surface area contributed by atoms with E-state index in [1.54, 1.807) is 48.2 Å². The average molecular weight is 419 g/mol. The first-order chi connectivity index (χ1) is 13.9. The highest BCUT2D eigenvalue weighted by Crippen LogP contribution is 2.18. The molecule has 7 heteroatoms. The Morgan fingerprint density at radius 3 is 2.38 bits per heavy atom. The van der Waals surface area contributed by atoms with E-state index in [4.69, 9.17) is 16.3 Å². The van der Waals surface area contributed by atoms with Crippen LogP contribution in [0.4, 0.5) is 4.39 Å². The Hall–Kier alpha value is -2.60. The van der Waals surface area contributed by atoms with Gasteiger partial charge in [0, 0.05) is 24.2 Å². The van der Waals surface area contributed by atoms with Crippen LogP contribution in [0.15, 0.2) is 48.5 Å². The Bertz CT molecular complexity index is 834. The highest BCUT2D eigenvalue weighted by Gasteiger charge is 2.27. The highest BCUT2D eigenvalue weighted by atomic mass is 35.5. The summed E-state index contributed by atoms with van der Waals surface area (Å²) in [5.41, 5.74) is 0.768. The normalized spacial score (nSPS) is 15.6. The number of benzene rings is 2. The van der Waals surface area contributed by atoms with Crippen LogP contribution in [-0.4, -0.2) is 41.9 Å². The van der Waals surface area contributed by atoms with Crippen LogP contribution in [0.1, 0.15) is 25.3 Å². The van der Waals surface area contributed by atoms with Crippen LogP contribution in [-0.2, 0) is 16.0 Å². The van der Waals surface area contributed by atoms with Crippen molar-refractivity contribution in [1.82, 2.24) is 10.2 Å². The van der Waals surface area contributed by atoms with Crippen molar-refractivity contribution in [3.63, 3.8) is 0 Å². The number of nitrogens with one attached hydrogen (secondary N) is 1. The minimum absolute atomic E-state index is 0.0273. The molecule has 1 unspecified atom stereocenters. The number of hydrogen-bond donors (Lipinski definition) is 1. The number of carbonyl (C=O) groups is 2. The largest absolute Gasteiger partial charge is 0.481 e. The van der Waals surface area contributed by atoms with E-state index in [1.165, 1.54) is 12.1 Å². The molecule has 1 fully saturated rings. The van der Waals surface area contributed by atoms with E-state index in [9.17, 15) is 14.0 Å². The first-order valence-corrected chi connectivity index (χ1v) is 10.0. The van der Waals surface area contributed by atoms with Gasteiger partial charge in [0.05, 0.1) is 6.42 Å². The topological polar surface area (TPSA) is 58.6 Å². The molecule has 1 saturated heterocycles. The Labute approximate surface area is 174 Å². The van der Waals surface area contributed by atoms with Gasteiger partial charge in [0.25, 0.3) is 5.91 Å². The van der Waals surface area contributed by atoms with Crippen molar-refractivity contribution in [3.8, 4) is 5.75 Å². The van der Waals surface area contributed by atoms with Crippen LogP contribution in [0.25, 0.3) is 0 Å². The van der Waals surface area contributed by atoms with E-state index in [2.05, 4.69) is 5.32 Å². The molecule has 1 N–H and O–H groups in total. The molecule has 0 radical (unpaired) electrons. The van der Waals surface area contributed by atoms with Crippen LogP contribution >= 0.6 is 11.6 Å². The summed E-state index contributed by atoms with van der Waals surface area (Å²) in [6.07, 6.45) is 0.995. The third-order valence-corrected chi connectivity index (χ3v) is 5.18. The molecule has 3 rings (SSSR count). The average Bonchev–Trinajstić information content (AvgIpc) is 2.71. The molecule has 0 spiro atoms. The summed E-state index contributed by atoms with van der Waals surface area (Å²) in [6.45, 7) is 2.86. The fourth-order valence-corrected chi connectivity index (χ4v) is 3.46. The molecule has 0 bridgehead atoms. The van der Waals surface area contributed by atoms with Gasteiger partial charge < -0.3 is 15.0 Å². The fraction of sp³-hybridized carbons (Fsp3) is 0.364. The van der Waals surface area contributed by atoms with Crippen molar-refractivity contribution in [3.05, 3.63) is 64.9 Å². The number of amides is 2. The van der Waals surface area contributed by atoms with Gasteiger partial charge in [-0.1, -0.05) is 23.7 Å². The van der Waals surface area contributed by atoms with Gasteiger partial charge in [-0.25, -0.2) is 4.39 Å². The van der Waals surface area contributed by atoms with E-state index in [-0.39, 0.29) is 30.1 Å². The van der Waals surface area contributed by atoms with Gasteiger partial charge in [-0.3, -0.25) is 9.59 Å². The first-order valence-electron chi connectivity index (χ1n) is 9.65. The van der Waals surface area contributed by atoms with Crippen molar-refractivity contribution < 1.29 is 18.7 Å². The summed E-state index contributed by atoms with van der Waals surface area (Å²) in [6, 6.07) is 12.8. The summed E-state index contributed by atoms with van der Waals surface area (Å²) in [5, 5.41) is 3.61. The van der Waals surface area contributed by atoms with Crippen LogP contribution in [0.5, 0.6) is 5.75 Å².